The van der Waals surface area contributed by atoms with E-state index in [9.17, 15) is 9.59 Å². The van der Waals surface area contributed by atoms with Gasteiger partial charge in [0, 0.05) is 23.3 Å². The Morgan fingerprint density at radius 3 is 2.71 bits per heavy atom. The minimum absolute atomic E-state index is 0.150. The van der Waals surface area contributed by atoms with Crippen molar-refractivity contribution in [1.82, 2.24) is 5.32 Å². The summed E-state index contributed by atoms with van der Waals surface area (Å²) < 4.78 is 10.4. The van der Waals surface area contributed by atoms with E-state index in [1.807, 2.05) is 18.2 Å². The fourth-order valence-corrected chi connectivity index (χ4v) is 2.47. The van der Waals surface area contributed by atoms with Crippen molar-refractivity contribution in [2.45, 2.75) is 6.42 Å². The quantitative estimate of drug-likeness (QED) is 0.833. The van der Waals surface area contributed by atoms with Gasteiger partial charge in [-0.2, -0.15) is 0 Å². The average Bonchev–Trinajstić information content (AvgIpc) is 3.02. The van der Waals surface area contributed by atoms with Crippen LogP contribution in [0.4, 0.5) is 5.69 Å². The second-order valence-electron chi connectivity index (χ2n) is 5.16. The third-order valence-corrected chi connectivity index (χ3v) is 3.66. The number of anilines is 1. The molecule has 0 aliphatic carbocycles. The van der Waals surface area contributed by atoms with E-state index in [2.05, 4.69) is 10.6 Å². The lowest BCUT2D eigenvalue weighted by Crippen LogP contribution is -2.36. The van der Waals surface area contributed by atoms with Gasteiger partial charge in [-0.25, -0.2) is 0 Å². The molecule has 0 radical (unpaired) electrons. The molecular weight excluding hydrogens is 332 g/mol. The van der Waals surface area contributed by atoms with Crippen LogP contribution in [0.3, 0.4) is 0 Å². The summed E-state index contributed by atoms with van der Waals surface area (Å²) in [7, 11) is 0. The van der Waals surface area contributed by atoms with Gasteiger partial charge in [-0.1, -0.05) is 23.7 Å². The van der Waals surface area contributed by atoms with E-state index in [0.29, 0.717) is 35.2 Å². The summed E-state index contributed by atoms with van der Waals surface area (Å²) in [5, 5.41) is 5.73. The predicted molar refractivity (Wildman–Crippen MR) is 89.4 cm³/mol. The topological polar surface area (TPSA) is 76.7 Å². The van der Waals surface area contributed by atoms with E-state index in [4.69, 9.17) is 21.1 Å². The lowest BCUT2D eigenvalue weighted by molar-refractivity contribution is -0.136. The van der Waals surface area contributed by atoms with Crippen LogP contribution in [0, 0.1) is 0 Å². The zero-order valence-electron chi connectivity index (χ0n) is 12.7. The zero-order chi connectivity index (χ0) is 16.9. The van der Waals surface area contributed by atoms with Crippen LogP contribution in [0.2, 0.25) is 5.02 Å². The van der Waals surface area contributed by atoms with Gasteiger partial charge in [-0.3, -0.25) is 9.59 Å². The molecule has 3 rings (SSSR count). The van der Waals surface area contributed by atoms with E-state index >= 15 is 0 Å². The minimum Gasteiger partial charge on any atom is -0.454 e. The summed E-state index contributed by atoms with van der Waals surface area (Å²) in [5.41, 5.74) is 1.45. The van der Waals surface area contributed by atoms with Gasteiger partial charge in [-0.05, 0) is 36.2 Å². The lowest BCUT2D eigenvalue weighted by Gasteiger charge is -2.07. The number of carbonyl (C=O) groups is 2. The number of fused-ring (bicyclic) bond motifs is 1. The van der Waals surface area contributed by atoms with Crippen molar-refractivity contribution in [1.29, 1.82) is 0 Å². The number of halogens is 1. The molecule has 0 saturated heterocycles. The molecule has 2 N–H and O–H groups in total. The standard InChI is InChI=1S/C17H15ClN2O4/c18-12-3-1-2-11(8-12)6-7-19-16(21)17(22)20-13-4-5-14-15(9-13)24-10-23-14/h1-5,8-9H,6-7,10H2,(H,19,21)(H,20,22). The Morgan fingerprint density at radius 1 is 1.04 bits per heavy atom. The molecule has 1 aliphatic rings. The van der Waals surface area contributed by atoms with Gasteiger partial charge < -0.3 is 20.1 Å². The highest BCUT2D eigenvalue weighted by Gasteiger charge is 2.17. The Hall–Kier alpha value is -2.73. The molecule has 2 amide bonds. The maximum absolute atomic E-state index is 11.9. The van der Waals surface area contributed by atoms with Crippen LogP contribution in [0.1, 0.15) is 5.56 Å². The Bertz CT molecular complexity index is 779. The van der Waals surface area contributed by atoms with Crippen molar-refractivity contribution in [3.05, 3.63) is 53.1 Å². The molecule has 6 nitrogen and oxygen atoms in total. The number of rotatable bonds is 4. The number of hydrogen-bond donors (Lipinski definition) is 2. The van der Waals surface area contributed by atoms with E-state index < -0.39 is 11.8 Å². The molecule has 0 bridgehead atoms. The van der Waals surface area contributed by atoms with Gasteiger partial charge >= 0.3 is 11.8 Å². The van der Waals surface area contributed by atoms with Crippen LogP contribution in [-0.4, -0.2) is 25.2 Å². The lowest BCUT2D eigenvalue weighted by atomic mass is 10.1. The first kappa shape index (κ1) is 16.1. The number of amides is 2. The molecular formula is C17H15ClN2O4. The van der Waals surface area contributed by atoms with E-state index in [1.165, 1.54) is 0 Å². The molecule has 0 spiro atoms. The summed E-state index contributed by atoms with van der Waals surface area (Å²) in [6, 6.07) is 12.3. The van der Waals surface area contributed by atoms with Gasteiger partial charge in [0.05, 0.1) is 0 Å². The third kappa shape index (κ3) is 3.97. The second-order valence-corrected chi connectivity index (χ2v) is 5.59. The molecule has 0 atom stereocenters. The van der Waals surface area contributed by atoms with Crippen molar-refractivity contribution in [2.75, 3.05) is 18.7 Å². The van der Waals surface area contributed by atoms with Crippen LogP contribution in [0.25, 0.3) is 0 Å². The molecule has 124 valence electrons. The monoisotopic (exact) mass is 346 g/mol. The first-order chi connectivity index (χ1) is 11.6. The molecule has 24 heavy (non-hydrogen) atoms. The molecule has 0 fully saturated rings. The minimum atomic E-state index is -0.736. The van der Waals surface area contributed by atoms with Gasteiger partial charge in [0.2, 0.25) is 6.79 Å². The van der Waals surface area contributed by atoms with Crippen LogP contribution >= 0.6 is 11.6 Å². The molecule has 1 heterocycles. The third-order valence-electron chi connectivity index (χ3n) is 3.42. The predicted octanol–water partition coefficient (Wildman–Crippen LogP) is 2.37. The molecule has 0 aromatic heterocycles. The van der Waals surface area contributed by atoms with Gasteiger partial charge in [-0.15, -0.1) is 0 Å². The molecule has 0 saturated carbocycles. The van der Waals surface area contributed by atoms with Crippen LogP contribution in [0.15, 0.2) is 42.5 Å². The van der Waals surface area contributed by atoms with E-state index in [0.717, 1.165) is 5.56 Å². The summed E-state index contributed by atoms with van der Waals surface area (Å²) in [6.07, 6.45) is 0.587. The maximum atomic E-state index is 11.9. The van der Waals surface area contributed by atoms with Crippen molar-refractivity contribution in [2.24, 2.45) is 0 Å². The Balaban J connectivity index is 1.49. The highest BCUT2D eigenvalue weighted by molar-refractivity contribution is 6.39. The Morgan fingerprint density at radius 2 is 1.88 bits per heavy atom. The molecule has 7 heteroatoms. The first-order valence-electron chi connectivity index (χ1n) is 7.35. The number of carbonyl (C=O) groups excluding carboxylic acids is 2. The number of nitrogens with one attached hydrogen (secondary N) is 2. The van der Waals surface area contributed by atoms with Crippen LogP contribution in [-0.2, 0) is 16.0 Å². The largest absolute Gasteiger partial charge is 0.454 e. The van der Waals surface area contributed by atoms with Crippen molar-refractivity contribution >= 4 is 29.1 Å². The summed E-state index contributed by atoms with van der Waals surface area (Å²) in [4.78, 5) is 23.7. The van der Waals surface area contributed by atoms with Crippen molar-refractivity contribution in [3.8, 4) is 11.5 Å². The summed E-state index contributed by atoms with van der Waals surface area (Å²) >= 11 is 5.90. The normalized spacial score (nSPS) is 11.9. The zero-order valence-corrected chi connectivity index (χ0v) is 13.4. The maximum Gasteiger partial charge on any atom is 0.313 e. The van der Waals surface area contributed by atoms with Gasteiger partial charge in [0.25, 0.3) is 0 Å². The van der Waals surface area contributed by atoms with Crippen molar-refractivity contribution in [3.63, 3.8) is 0 Å². The van der Waals surface area contributed by atoms with E-state index in [1.54, 1.807) is 24.3 Å². The molecule has 1 aliphatic heterocycles. The fraction of sp³-hybridized carbons (Fsp3) is 0.176. The Labute approximate surface area is 143 Å². The van der Waals surface area contributed by atoms with Gasteiger partial charge in [0.15, 0.2) is 11.5 Å². The van der Waals surface area contributed by atoms with Crippen molar-refractivity contribution < 1.29 is 19.1 Å². The van der Waals surface area contributed by atoms with E-state index in [-0.39, 0.29) is 6.79 Å². The number of benzene rings is 2. The Kier molecular flexibility index (Phi) is 4.86. The number of hydrogen-bond acceptors (Lipinski definition) is 4. The molecule has 2 aromatic rings. The van der Waals surface area contributed by atoms with Crippen LogP contribution in [0.5, 0.6) is 11.5 Å². The summed E-state index contributed by atoms with van der Waals surface area (Å²) in [5.74, 6) is -0.289. The van der Waals surface area contributed by atoms with Crippen LogP contribution < -0.4 is 20.1 Å². The average molecular weight is 347 g/mol. The summed E-state index contributed by atoms with van der Waals surface area (Å²) in [6.45, 7) is 0.491. The fourth-order valence-electron chi connectivity index (χ4n) is 2.26. The molecule has 0 unspecified atom stereocenters. The highest BCUT2D eigenvalue weighted by atomic mass is 35.5. The van der Waals surface area contributed by atoms with Gasteiger partial charge in [0.1, 0.15) is 0 Å². The molecule has 2 aromatic carbocycles. The number of ether oxygens (including phenoxy) is 2. The first-order valence-corrected chi connectivity index (χ1v) is 7.73. The highest BCUT2D eigenvalue weighted by Crippen LogP contribution is 2.34. The second kappa shape index (κ2) is 7.23. The SMILES string of the molecule is O=C(NCCc1cccc(Cl)c1)C(=O)Nc1ccc2c(c1)OCO2. The smallest absolute Gasteiger partial charge is 0.313 e.